The number of halogens is 1. The summed E-state index contributed by atoms with van der Waals surface area (Å²) in [6.45, 7) is 3.10. The Labute approximate surface area is 142 Å². The number of hydrogen-bond donors (Lipinski definition) is 0. The van der Waals surface area contributed by atoms with Crippen LogP contribution in [0.25, 0.3) is 0 Å². The molecule has 1 heterocycles. The maximum absolute atomic E-state index is 13.5. The SMILES string of the molecule is CCCCC(=O)N1CCN(S(=O)(=O)c2cc(F)ccc2OC)CC1. The van der Waals surface area contributed by atoms with Crippen LogP contribution in [0.4, 0.5) is 4.39 Å². The minimum Gasteiger partial charge on any atom is -0.495 e. The van der Waals surface area contributed by atoms with E-state index < -0.39 is 15.8 Å². The maximum Gasteiger partial charge on any atom is 0.246 e. The lowest BCUT2D eigenvalue weighted by Gasteiger charge is -2.34. The maximum atomic E-state index is 13.5. The van der Waals surface area contributed by atoms with Crippen LogP contribution in [0.2, 0.25) is 0 Å². The van der Waals surface area contributed by atoms with Crippen molar-refractivity contribution in [3.05, 3.63) is 24.0 Å². The fourth-order valence-corrected chi connectivity index (χ4v) is 4.24. The summed E-state index contributed by atoms with van der Waals surface area (Å²) in [4.78, 5) is 13.5. The molecule has 24 heavy (non-hydrogen) atoms. The first kappa shape index (κ1) is 18.7. The van der Waals surface area contributed by atoms with Gasteiger partial charge < -0.3 is 9.64 Å². The van der Waals surface area contributed by atoms with Gasteiger partial charge in [0.15, 0.2) is 0 Å². The second kappa shape index (κ2) is 7.94. The van der Waals surface area contributed by atoms with Gasteiger partial charge in [-0.25, -0.2) is 12.8 Å². The molecule has 1 aromatic rings. The molecular weight excluding hydrogens is 335 g/mol. The van der Waals surface area contributed by atoms with Gasteiger partial charge in [0, 0.05) is 32.6 Å². The van der Waals surface area contributed by atoms with Crippen molar-refractivity contribution in [2.24, 2.45) is 0 Å². The molecule has 8 heteroatoms. The number of sulfonamides is 1. The van der Waals surface area contributed by atoms with Crippen molar-refractivity contribution >= 4 is 15.9 Å². The molecule has 0 atom stereocenters. The number of unbranched alkanes of at least 4 members (excludes halogenated alkanes) is 1. The van der Waals surface area contributed by atoms with Crippen molar-refractivity contribution in [2.75, 3.05) is 33.3 Å². The van der Waals surface area contributed by atoms with E-state index in [1.54, 1.807) is 4.90 Å². The van der Waals surface area contributed by atoms with E-state index in [2.05, 4.69) is 0 Å². The number of hydrogen-bond acceptors (Lipinski definition) is 4. The second-order valence-electron chi connectivity index (χ2n) is 5.68. The number of methoxy groups -OCH3 is 1. The fraction of sp³-hybridized carbons (Fsp3) is 0.562. The van der Waals surface area contributed by atoms with E-state index in [9.17, 15) is 17.6 Å². The minimum atomic E-state index is -3.86. The van der Waals surface area contributed by atoms with Crippen molar-refractivity contribution in [2.45, 2.75) is 31.1 Å². The number of rotatable bonds is 6. The highest BCUT2D eigenvalue weighted by atomic mass is 32.2. The number of piperazine rings is 1. The van der Waals surface area contributed by atoms with Gasteiger partial charge in [-0.05, 0) is 24.6 Å². The van der Waals surface area contributed by atoms with Crippen LogP contribution in [0.15, 0.2) is 23.1 Å². The Balaban J connectivity index is 2.10. The number of benzene rings is 1. The van der Waals surface area contributed by atoms with Crippen molar-refractivity contribution < 1.29 is 22.3 Å². The van der Waals surface area contributed by atoms with E-state index in [1.807, 2.05) is 6.92 Å². The summed E-state index contributed by atoms with van der Waals surface area (Å²) in [5.74, 6) is -0.474. The Bertz CT molecular complexity index is 685. The molecule has 0 radical (unpaired) electrons. The Morgan fingerprint density at radius 3 is 2.50 bits per heavy atom. The molecule has 1 fully saturated rings. The van der Waals surface area contributed by atoms with Gasteiger partial charge in [-0.2, -0.15) is 4.31 Å². The van der Waals surface area contributed by atoms with Gasteiger partial charge in [0.25, 0.3) is 0 Å². The largest absolute Gasteiger partial charge is 0.495 e. The van der Waals surface area contributed by atoms with Crippen LogP contribution in [0.1, 0.15) is 26.2 Å². The lowest BCUT2D eigenvalue weighted by Crippen LogP contribution is -2.50. The molecule has 2 rings (SSSR count). The first-order valence-electron chi connectivity index (χ1n) is 8.01. The van der Waals surface area contributed by atoms with E-state index in [4.69, 9.17) is 4.74 Å². The Morgan fingerprint density at radius 2 is 1.92 bits per heavy atom. The highest BCUT2D eigenvalue weighted by Gasteiger charge is 2.32. The third kappa shape index (κ3) is 4.05. The van der Waals surface area contributed by atoms with Gasteiger partial charge in [0.2, 0.25) is 15.9 Å². The fourth-order valence-electron chi connectivity index (χ4n) is 2.66. The van der Waals surface area contributed by atoms with E-state index in [0.29, 0.717) is 19.5 Å². The topological polar surface area (TPSA) is 66.9 Å². The summed E-state index contributed by atoms with van der Waals surface area (Å²) < 4.78 is 45.3. The molecule has 0 saturated carbocycles. The van der Waals surface area contributed by atoms with Crippen molar-refractivity contribution in [3.63, 3.8) is 0 Å². The first-order valence-corrected chi connectivity index (χ1v) is 9.45. The zero-order valence-electron chi connectivity index (χ0n) is 14.0. The Hall–Kier alpha value is -1.67. The normalized spacial score (nSPS) is 16.2. The van der Waals surface area contributed by atoms with Crippen LogP contribution in [0.5, 0.6) is 5.75 Å². The predicted octanol–water partition coefficient (Wildman–Crippen LogP) is 1.86. The van der Waals surface area contributed by atoms with Gasteiger partial charge in [-0.3, -0.25) is 4.79 Å². The first-order chi connectivity index (χ1) is 11.4. The summed E-state index contributed by atoms with van der Waals surface area (Å²) in [6.07, 6.45) is 2.26. The van der Waals surface area contributed by atoms with Crippen molar-refractivity contribution in [3.8, 4) is 5.75 Å². The van der Waals surface area contributed by atoms with Crippen molar-refractivity contribution in [1.29, 1.82) is 0 Å². The Kier molecular flexibility index (Phi) is 6.17. The molecule has 1 saturated heterocycles. The molecule has 0 N–H and O–H groups in total. The van der Waals surface area contributed by atoms with Crippen LogP contribution < -0.4 is 4.74 Å². The summed E-state index contributed by atoms with van der Waals surface area (Å²) in [5.41, 5.74) is 0. The summed E-state index contributed by atoms with van der Waals surface area (Å²) in [7, 11) is -2.52. The van der Waals surface area contributed by atoms with Gasteiger partial charge in [0.1, 0.15) is 16.5 Å². The quantitative estimate of drug-likeness (QED) is 0.778. The average molecular weight is 358 g/mol. The number of ether oxygens (including phenoxy) is 1. The van der Waals surface area contributed by atoms with Gasteiger partial charge >= 0.3 is 0 Å². The van der Waals surface area contributed by atoms with Gasteiger partial charge in [-0.15, -0.1) is 0 Å². The summed E-state index contributed by atoms with van der Waals surface area (Å²) in [5, 5.41) is 0. The van der Waals surface area contributed by atoms with Crippen LogP contribution in [0.3, 0.4) is 0 Å². The summed E-state index contributed by atoms with van der Waals surface area (Å²) >= 11 is 0. The molecule has 0 aliphatic carbocycles. The van der Waals surface area contributed by atoms with Crippen LogP contribution >= 0.6 is 0 Å². The van der Waals surface area contributed by atoms with Crippen LogP contribution in [-0.2, 0) is 14.8 Å². The molecule has 0 unspecified atom stereocenters. The number of carbonyl (C=O) groups excluding carboxylic acids is 1. The van der Waals surface area contributed by atoms with E-state index in [1.165, 1.54) is 17.5 Å². The summed E-state index contributed by atoms with van der Waals surface area (Å²) in [6, 6.07) is 3.42. The van der Waals surface area contributed by atoms with E-state index in [0.717, 1.165) is 25.0 Å². The zero-order valence-corrected chi connectivity index (χ0v) is 14.8. The van der Waals surface area contributed by atoms with E-state index in [-0.39, 0.29) is 29.6 Å². The second-order valence-corrected chi connectivity index (χ2v) is 7.59. The molecule has 134 valence electrons. The molecule has 1 aliphatic rings. The van der Waals surface area contributed by atoms with E-state index >= 15 is 0 Å². The van der Waals surface area contributed by atoms with Crippen LogP contribution in [-0.4, -0.2) is 56.8 Å². The molecule has 0 spiro atoms. The lowest BCUT2D eigenvalue weighted by atomic mass is 10.2. The minimum absolute atomic E-state index is 0.0530. The molecular formula is C16H23FN2O4S. The van der Waals surface area contributed by atoms with Gasteiger partial charge in [-0.1, -0.05) is 13.3 Å². The average Bonchev–Trinajstić information content (AvgIpc) is 2.59. The zero-order chi connectivity index (χ0) is 17.7. The molecule has 6 nitrogen and oxygen atoms in total. The molecule has 1 aliphatic heterocycles. The van der Waals surface area contributed by atoms with Gasteiger partial charge in [0.05, 0.1) is 7.11 Å². The third-order valence-electron chi connectivity index (χ3n) is 4.08. The number of carbonyl (C=O) groups is 1. The monoisotopic (exact) mass is 358 g/mol. The van der Waals surface area contributed by atoms with Crippen molar-refractivity contribution in [1.82, 2.24) is 9.21 Å². The standard InChI is InChI=1S/C16H23FN2O4S/c1-3-4-5-16(20)18-8-10-19(11-9-18)24(21,22)15-12-13(17)6-7-14(15)23-2/h6-7,12H,3-5,8-11H2,1-2H3. The number of nitrogens with zero attached hydrogens (tertiary/aromatic N) is 2. The lowest BCUT2D eigenvalue weighted by molar-refractivity contribution is -0.132. The third-order valence-corrected chi connectivity index (χ3v) is 6.00. The smallest absolute Gasteiger partial charge is 0.246 e. The Morgan fingerprint density at radius 1 is 1.25 bits per heavy atom. The molecule has 1 amide bonds. The highest BCUT2D eigenvalue weighted by Crippen LogP contribution is 2.28. The molecule has 1 aromatic carbocycles. The highest BCUT2D eigenvalue weighted by molar-refractivity contribution is 7.89. The predicted molar refractivity (Wildman–Crippen MR) is 87.8 cm³/mol. The molecule has 0 aromatic heterocycles. The van der Waals surface area contributed by atoms with Crippen LogP contribution in [0, 0.1) is 5.82 Å². The number of amides is 1. The molecule has 0 bridgehead atoms.